The van der Waals surface area contributed by atoms with E-state index in [4.69, 9.17) is 0 Å². The van der Waals surface area contributed by atoms with Crippen molar-refractivity contribution in [2.75, 3.05) is 0 Å². The van der Waals surface area contributed by atoms with Crippen LogP contribution in [0.5, 0.6) is 0 Å². The van der Waals surface area contributed by atoms with Crippen molar-refractivity contribution in [1.82, 2.24) is 0 Å². The Kier molecular flexibility index (Phi) is 9.77. The van der Waals surface area contributed by atoms with Gasteiger partial charge in [-0.3, -0.25) is 0 Å². The van der Waals surface area contributed by atoms with Crippen LogP contribution in [0.1, 0.15) is 165 Å². The van der Waals surface area contributed by atoms with Gasteiger partial charge < -0.3 is 24.8 Å². The minimum Gasteiger partial charge on any atom is -1.00 e. The standard InChI is InChI=1S/C52H64.2ClH.Zr/c1-49(2,3)40-22-45-46(37-8-6-5-7-9-37)30-50(4,47(45)23-40)48-41-12-10-38(51-24-31-14-32(25-51)16-33(15-31)26-51)20-43(41)44-21-39(11-13-42(44)48)52-27-34-17-35(28-52)19-36(18-34)29-52;;;/h5-6,10-13,20-21,23,31-37,46,48H,7-9,14-19,22,24-30H2,1-4H3;2*1H;/q;;;+2/p-2. The second-order valence-electron chi connectivity index (χ2n) is 22.7. The van der Waals surface area contributed by atoms with Gasteiger partial charge in [0.05, 0.1) is 0 Å². The van der Waals surface area contributed by atoms with Gasteiger partial charge in [-0.05, 0) is 212 Å². The number of fused-ring (bicyclic) bond motifs is 3. The number of rotatable bonds is 4. The summed E-state index contributed by atoms with van der Waals surface area (Å²) in [7, 11) is 0. The van der Waals surface area contributed by atoms with E-state index in [2.05, 4.69) is 82.3 Å². The van der Waals surface area contributed by atoms with E-state index in [9.17, 15) is 0 Å². The van der Waals surface area contributed by atoms with Crippen LogP contribution in [0.25, 0.3) is 11.1 Å². The summed E-state index contributed by atoms with van der Waals surface area (Å²) < 4.78 is 0. The summed E-state index contributed by atoms with van der Waals surface area (Å²) in [6.45, 7) is 10.1. The Hall–Kier alpha value is -0.877. The zero-order chi connectivity index (χ0) is 34.8. The number of hydrogen-bond donors (Lipinski definition) is 0. The van der Waals surface area contributed by atoms with Gasteiger partial charge in [0, 0.05) is 11.3 Å². The van der Waals surface area contributed by atoms with Crippen LogP contribution in [0, 0.1) is 58.2 Å². The molecule has 0 aromatic heterocycles. The number of hydrogen-bond acceptors (Lipinski definition) is 0. The van der Waals surface area contributed by atoms with Crippen molar-refractivity contribution in [2.45, 2.75) is 154 Å². The van der Waals surface area contributed by atoms with Gasteiger partial charge in [-0.1, -0.05) is 93.5 Å². The zero-order valence-corrected chi connectivity index (χ0v) is 38.1. The molecular weight excluding hydrogens is 787 g/mol. The van der Waals surface area contributed by atoms with Crippen molar-refractivity contribution in [1.29, 1.82) is 0 Å². The summed E-state index contributed by atoms with van der Waals surface area (Å²) in [5, 5.41) is 0. The van der Waals surface area contributed by atoms with Gasteiger partial charge in [0.1, 0.15) is 0 Å². The summed E-state index contributed by atoms with van der Waals surface area (Å²) in [4.78, 5) is 0. The molecule has 14 rings (SSSR count). The van der Waals surface area contributed by atoms with Crippen LogP contribution in [-0.4, -0.2) is 0 Å². The fourth-order valence-corrected chi connectivity index (χ4v) is 17.1. The third-order valence-electron chi connectivity index (χ3n) is 18.6. The van der Waals surface area contributed by atoms with E-state index in [0.717, 1.165) is 47.3 Å². The molecule has 0 spiro atoms. The second kappa shape index (κ2) is 13.6. The Morgan fingerprint density at radius 2 is 1.09 bits per heavy atom. The average molecular weight is 851 g/mol. The molecule has 2 aromatic rings. The van der Waals surface area contributed by atoms with Gasteiger partial charge in [0.25, 0.3) is 0 Å². The first-order chi connectivity index (χ1) is 25.1. The van der Waals surface area contributed by atoms with E-state index >= 15 is 0 Å². The Bertz CT molecular complexity index is 1810. The Labute approximate surface area is 365 Å². The quantitative estimate of drug-likeness (QED) is 0.276. The molecule has 0 N–H and O–H groups in total. The monoisotopic (exact) mass is 848 g/mol. The first-order valence-electron chi connectivity index (χ1n) is 22.4. The molecule has 2 aromatic carbocycles. The van der Waals surface area contributed by atoms with Crippen LogP contribution >= 0.6 is 0 Å². The third kappa shape index (κ3) is 5.84. The maximum atomic E-state index is 2.84. The van der Waals surface area contributed by atoms with Crippen LogP contribution in [0.2, 0.25) is 0 Å². The van der Waals surface area contributed by atoms with Crippen molar-refractivity contribution >= 4 is 0 Å². The van der Waals surface area contributed by atoms with Crippen LogP contribution < -0.4 is 24.8 Å². The maximum Gasteiger partial charge on any atom is 2.00 e. The number of benzene rings is 2. The summed E-state index contributed by atoms with van der Waals surface area (Å²) in [6, 6.07) is 16.5. The third-order valence-corrected chi connectivity index (χ3v) is 18.6. The van der Waals surface area contributed by atoms with E-state index in [1.165, 1.54) is 109 Å². The Morgan fingerprint density at radius 1 is 0.618 bits per heavy atom. The molecule has 12 aliphatic carbocycles. The molecule has 0 nitrogen and oxygen atoms in total. The molecule has 8 bridgehead atoms. The molecule has 0 heterocycles. The van der Waals surface area contributed by atoms with Gasteiger partial charge in [-0.25, -0.2) is 0 Å². The summed E-state index contributed by atoms with van der Waals surface area (Å²) >= 11 is 0. The topological polar surface area (TPSA) is 0 Å². The molecule has 3 atom stereocenters. The fraction of sp³-hybridized carbons (Fsp3) is 0.654. The van der Waals surface area contributed by atoms with Crippen molar-refractivity contribution in [2.24, 2.45) is 58.2 Å². The van der Waals surface area contributed by atoms with E-state index in [-0.39, 0.29) is 61.8 Å². The predicted molar refractivity (Wildman–Crippen MR) is 215 cm³/mol. The van der Waals surface area contributed by atoms with E-state index in [1.807, 2.05) is 5.57 Å². The normalized spacial score (nSPS) is 42.3. The van der Waals surface area contributed by atoms with Crippen molar-refractivity contribution in [3.8, 4) is 11.1 Å². The SMILES string of the molecule is CC(C)(C)C1=CC2=C(C1)C(C1CC=CCC1)CC2(C)C1c2ccc(C34CC5CC(CC(C5)C3)C4)cc2-c2cc(C34CC5CC(CC(C5)C3)C4)ccc21.[Cl-].[Cl-].[Zr+2]. The number of halogens is 2. The molecule has 290 valence electrons. The average Bonchev–Trinajstić information content (AvgIpc) is 3.78. The summed E-state index contributed by atoms with van der Waals surface area (Å²) in [5.41, 5.74) is 16.7. The Morgan fingerprint density at radius 3 is 1.51 bits per heavy atom. The minimum atomic E-state index is 0. The summed E-state index contributed by atoms with van der Waals surface area (Å²) in [6.07, 6.45) is 32.2. The van der Waals surface area contributed by atoms with Gasteiger partial charge in [0.2, 0.25) is 0 Å². The first-order valence-corrected chi connectivity index (χ1v) is 22.4. The van der Waals surface area contributed by atoms with E-state index in [0.29, 0.717) is 16.7 Å². The maximum absolute atomic E-state index is 2.84. The smallest absolute Gasteiger partial charge is 1.00 e. The van der Waals surface area contributed by atoms with Gasteiger partial charge >= 0.3 is 26.2 Å². The minimum absolute atomic E-state index is 0. The molecule has 12 aliphatic rings. The fourth-order valence-electron chi connectivity index (χ4n) is 17.1. The van der Waals surface area contributed by atoms with Crippen molar-refractivity contribution in [3.05, 3.63) is 93.6 Å². The molecule has 8 fully saturated rings. The second-order valence-corrected chi connectivity index (χ2v) is 22.7. The molecule has 0 saturated heterocycles. The molecule has 0 radical (unpaired) electrons. The van der Waals surface area contributed by atoms with Gasteiger partial charge in [-0.15, -0.1) is 0 Å². The molecule has 0 amide bonds. The van der Waals surface area contributed by atoms with Crippen molar-refractivity contribution in [3.63, 3.8) is 0 Å². The molecule has 8 saturated carbocycles. The van der Waals surface area contributed by atoms with E-state index < -0.39 is 0 Å². The predicted octanol–water partition coefficient (Wildman–Crippen LogP) is 7.80. The molecule has 55 heavy (non-hydrogen) atoms. The van der Waals surface area contributed by atoms with Gasteiger partial charge in [-0.2, -0.15) is 0 Å². The Balaban J connectivity index is 0.00000132. The first kappa shape index (κ1) is 39.6. The van der Waals surface area contributed by atoms with Crippen LogP contribution in [0.4, 0.5) is 0 Å². The zero-order valence-electron chi connectivity index (χ0n) is 34.2. The molecule has 3 heteroatoms. The van der Waals surface area contributed by atoms with Crippen molar-refractivity contribution < 1.29 is 51.0 Å². The van der Waals surface area contributed by atoms with Crippen LogP contribution in [-0.2, 0) is 37.0 Å². The molecule has 0 aliphatic heterocycles. The number of allylic oxidation sites excluding steroid dienone is 6. The largest absolute Gasteiger partial charge is 2.00 e. The van der Waals surface area contributed by atoms with Crippen LogP contribution in [0.15, 0.2) is 71.3 Å². The van der Waals surface area contributed by atoms with Crippen LogP contribution in [0.3, 0.4) is 0 Å². The molecular formula is C52H64Cl2Zr. The molecule has 3 unspecified atom stereocenters. The van der Waals surface area contributed by atoms with E-state index in [1.54, 1.807) is 44.5 Å². The van der Waals surface area contributed by atoms with Gasteiger partial charge in [0.15, 0.2) is 0 Å². The summed E-state index contributed by atoms with van der Waals surface area (Å²) in [5.74, 6) is 7.92.